The van der Waals surface area contributed by atoms with E-state index in [0.29, 0.717) is 27.4 Å². The standard InChI is InChI=1S/C24H20N2O3S/c27-22(21-13-15-7-2-1-3-12-20(15)30-21)25-16-8-6-9-17(14-16)26-23(28)18-10-4-5-11-19(18)24(26)29/h4-6,8-11,13-14H,1-3,7,12H2,(H,25,27). The number of rotatable bonds is 3. The van der Waals surface area contributed by atoms with E-state index in [-0.39, 0.29) is 17.7 Å². The second-order valence-corrected chi connectivity index (χ2v) is 8.75. The molecule has 0 saturated carbocycles. The van der Waals surface area contributed by atoms with Gasteiger partial charge in [0, 0.05) is 10.6 Å². The molecular weight excluding hydrogens is 396 g/mol. The number of imide groups is 1. The van der Waals surface area contributed by atoms with Crippen LogP contribution in [0.25, 0.3) is 0 Å². The number of anilines is 2. The lowest BCUT2D eigenvalue weighted by molar-refractivity contribution is 0.0925. The molecule has 30 heavy (non-hydrogen) atoms. The summed E-state index contributed by atoms with van der Waals surface area (Å²) in [5.41, 5.74) is 3.09. The molecule has 150 valence electrons. The molecule has 0 saturated heterocycles. The van der Waals surface area contributed by atoms with Crippen molar-refractivity contribution in [2.75, 3.05) is 10.2 Å². The van der Waals surface area contributed by atoms with E-state index in [0.717, 1.165) is 17.7 Å². The Balaban J connectivity index is 1.38. The molecule has 2 aromatic carbocycles. The van der Waals surface area contributed by atoms with Gasteiger partial charge in [0.2, 0.25) is 0 Å². The normalized spacial score (nSPS) is 15.5. The molecule has 0 unspecified atom stereocenters. The predicted octanol–water partition coefficient (Wildman–Crippen LogP) is 5.07. The summed E-state index contributed by atoms with van der Waals surface area (Å²) in [5, 5.41) is 2.92. The maximum absolute atomic E-state index is 12.8. The van der Waals surface area contributed by atoms with Gasteiger partial charge in [-0.05, 0) is 67.6 Å². The minimum atomic E-state index is -0.346. The molecule has 3 amide bonds. The fourth-order valence-corrected chi connectivity index (χ4v) is 5.27. The molecule has 3 aromatic rings. The Morgan fingerprint density at radius 3 is 2.37 bits per heavy atom. The van der Waals surface area contributed by atoms with Crippen LogP contribution in [0.2, 0.25) is 0 Å². The molecule has 6 heteroatoms. The third kappa shape index (κ3) is 3.23. The summed E-state index contributed by atoms with van der Waals surface area (Å²) < 4.78 is 0. The van der Waals surface area contributed by atoms with Crippen molar-refractivity contribution in [2.24, 2.45) is 0 Å². The van der Waals surface area contributed by atoms with E-state index in [1.54, 1.807) is 59.9 Å². The molecule has 0 fully saturated rings. The first-order valence-corrected chi connectivity index (χ1v) is 10.9. The van der Waals surface area contributed by atoms with Crippen LogP contribution in [0.5, 0.6) is 0 Å². The number of carbonyl (C=O) groups is 3. The number of amides is 3. The summed E-state index contributed by atoms with van der Waals surface area (Å²) in [4.78, 5) is 41.4. The highest BCUT2D eigenvalue weighted by Crippen LogP contribution is 2.31. The van der Waals surface area contributed by atoms with Crippen LogP contribution < -0.4 is 10.2 Å². The van der Waals surface area contributed by atoms with Crippen molar-refractivity contribution in [1.82, 2.24) is 0 Å². The fraction of sp³-hybridized carbons (Fsp3) is 0.208. The van der Waals surface area contributed by atoms with Crippen molar-refractivity contribution in [2.45, 2.75) is 32.1 Å². The predicted molar refractivity (Wildman–Crippen MR) is 118 cm³/mol. The first-order chi connectivity index (χ1) is 14.6. The van der Waals surface area contributed by atoms with E-state index < -0.39 is 0 Å². The van der Waals surface area contributed by atoms with Crippen LogP contribution in [0, 0.1) is 0 Å². The van der Waals surface area contributed by atoms with Gasteiger partial charge in [0.1, 0.15) is 0 Å². The number of benzene rings is 2. The molecule has 1 aromatic heterocycles. The molecule has 1 aliphatic heterocycles. The molecule has 0 spiro atoms. The Morgan fingerprint density at radius 1 is 0.867 bits per heavy atom. The molecule has 2 aliphatic rings. The average Bonchev–Trinajstić information content (AvgIpc) is 3.18. The van der Waals surface area contributed by atoms with Gasteiger partial charge in [-0.15, -0.1) is 11.3 Å². The number of hydrogen-bond acceptors (Lipinski definition) is 4. The Morgan fingerprint density at radius 2 is 1.60 bits per heavy atom. The highest BCUT2D eigenvalue weighted by Gasteiger charge is 2.36. The molecule has 0 radical (unpaired) electrons. The van der Waals surface area contributed by atoms with Crippen molar-refractivity contribution in [1.29, 1.82) is 0 Å². The van der Waals surface area contributed by atoms with Gasteiger partial charge >= 0.3 is 0 Å². The number of nitrogens with one attached hydrogen (secondary N) is 1. The summed E-state index contributed by atoms with van der Waals surface area (Å²) in [6.45, 7) is 0. The van der Waals surface area contributed by atoms with E-state index in [2.05, 4.69) is 5.32 Å². The summed E-state index contributed by atoms with van der Waals surface area (Å²) in [7, 11) is 0. The summed E-state index contributed by atoms with van der Waals surface area (Å²) in [6, 6.07) is 15.7. The van der Waals surface area contributed by atoms with Crippen LogP contribution in [-0.2, 0) is 12.8 Å². The van der Waals surface area contributed by atoms with Crippen molar-refractivity contribution >= 4 is 40.4 Å². The SMILES string of the molecule is O=C(Nc1cccc(N2C(=O)c3ccccc3C2=O)c1)c1cc2c(s1)CCCCC2. The highest BCUT2D eigenvalue weighted by atomic mass is 32.1. The lowest BCUT2D eigenvalue weighted by Crippen LogP contribution is -2.29. The van der Waals surface area contributed by atoms with Crippen molar-refractivity contribution < 1.29 is 14.4 Å². The van der Waals surface area contributed by atoms with Crippen molar-refractivity contribution in [3.05, 3.63) is 81.0 Å². The van der Waals surface area contributed by atoms with Gasteiger partial charge in [-0.25, -0.2) is 4.90 Å². The maximum atomic E-state index is 12.8. The summed E-state index contributed by atoms with van der Waals surface area (Å²) in [6.07, 6.45) is 5.67. The second kappa shape index (κ2) is 7.54. The van der Waals surface area contributed by atoms with Gasteiger partial charge in [0.05, 0.1) is 21.7 Å². The molecule has 0 atom stereocenters. The lowest BCUT2D eigenvalue weighted by atomic mass is 10.1. The van der Waals surface area contributed by atoms with Crippen LogP contribution in [0.3, 0.4) is 0 Å². The molecule has 0 bridgehead atoms. The lowest BCUT2D eigenvalue weighted by Gasteiger charge is -2.15. The molecule has 5 nitrogen and oxygen atoms in total. The Labute approximate surface area is 178 Å². The van der Waals surface area contributed by atoms with E-state index >= 15 is 0 Å². The summed E-state index contributed by atoms with van der Waals surface area (Å²) >= 11 is 1.57. The largest absolute Gasteiger partial charge is 0.321 e. The quantitative estimate of drug-likeness (QED) is 0.479. The van der Waals surface area contributed by atoms with Crippen molar-refractivity contribution in [3.63, 3.8) is 0 Å². The third-order valence-electron chi connectivity index (χ3n) is 5.63. The van der Waals surface area contributed by atoms with Crippen LogP contribution in [0.15, 0.2) is 54.6 Å². The van der Waals surface area contributed by atoms with Gasteiger partial charge < -0.3 is 5.32 Å². The van der Waals surface area contributed by atoms with Gasteiger partial charge in [-0.1, -0.05) is 24.6 Å². The van der Waals surface area contributed by atoms with Crippen LogP contribution in [-0.4, -0.2) is 17.7 Å². The van der Waals surface area contributed by atoms with E-state index in [4.69, 9.17) is 0 Å². The number of hydrogen-bond donors (Lipinski definition) is 1. The molecule has 2 heterocycles. The van der Waals surface area contributed by atoms with Gasteiger partial charge in [-0.3, -0.25) is 14.4 Å². The topological polar surface area (TPSA) is 66.5 Å². The van der Waals surface area contributed by atoms with E-state index in [1.807, 2.05) is 6.07 Å². The van der Waals surface area contributed by atoms with Gasteiger partial charge in [0.15, 0.2) is 0 Å². The van der Waals surface area contributed by atoms with E-state index in [9.17, 15) is 14.4 Å². The van der Waals surface area contributed by atoms with Crippen molar-refractivity contribution in [3.8, 4) is 0 Å². The molecule has 1 N–H and O–H groups in total. The molecular formula is C24H20N2O3S. The van der Waals surface area contributed by atoms with Crippen LogP contribution in [0.1, 0.15) is 60.1 Å². The number of thiophene rings is 1. The number of aryl methyl sites for hydroxylation is 2. The van der Waals surface area contributed by atoms with Crippen LogP contribution in [0.4, 0.5) is 11.4 Å². The molecule has 1 aliphatic carbocycles. The van der Waals surface area contributed by atoms with Gasteiger partial charge in [-0.2, -0.15) is 0 Å². The average molecular weight is 417 g/mol. The maximum Gasteiger partial charge on any atom is 0.266 e. The highest BCUT2D eigenvalue weighted by molar-refractivity contribution is 7.14. The van der Waals surface area contributed by atoms with E-state index in [1.165, 1.54) is 29.7 Å². The fourth-order valence-electron chi connectivity index (χ4n) is 4.12. The van der Waals surface area contributed by atoms with Crippen LogP contribution >= 0.6 is 11.3 Å². The smallest absolute Gasteiger partial charge is 0.266 e. The minimum Gasteiger partial charge on any atom is -0.321 e. The second-order valence-electron chi connectivity index (χ2n) is 7.62. The Kier molecular flexibility index (Phi) is 4.71. The summed E-state index contributed by atoms with van der Waals surface area (Å²) in [5.74, 6) is -0.852. The first kappa shape index (κ1) is 18.8. The number of fused-ring (bicyclic) bond motifs is 2. The number of nitrogens with zero attached hydrogens (tertiary/aromatic N) is 1. The zero-order chi connectivity index (χ0) is 20.7. The Hall–Kier alpha value is -3.25. The van der Waals surface area contributed by atoms with Gasteiger partial charge in [0.25, 0.3) is 17.7 Å². The molecule has 5 rings (SSSR count). The Bertz CT molecular complexity index is 1120. The third-order valence-corrected chi connectivity index (χ3v) is 6.86. The minimum absolute atomic E-state index is 0.160. The zero-order valence-corrected chi connectivity index (χ0v) is 17.1. The zero-order valence-electron chi connectivity index (χ0n) is 16.3. The number of carbonyl (C=O) groups excluding carboxylic acids is 3. The monoisotopic (exact) mass is 416 g/mol. The first-order valence-electron chi connectivity index (χ1n) is 10.1.